The lowest BCUT2D eigenvalue weighted by atomic mass is 9.99. The van der Waals surface area contributed by atoms with Crippen LogP contribution in [0.3, 0.4) is 0 Å². The number of likely N-dealkylation sites (tertiary alicyclic amines) is 1. The van der Waals surface area contributed by atoms with Crippen LogP contribution in [0.25, 0.3) is 0 Å². The van der Waals surface area contributed by atoms with Crippen LogP contribution in [0.5, 0.6) is 5.75 Å². The number of morpholine rings is 1. The van der Waals surface area contributed by atoms with Gasteiger partial charge in [0, 0.05) is 38.6 Å². The normalized spacial score (nSPS) is 23.8. The molecule has 0 aromatic heterocycles. The highest BCUT2D eigenvalue weighted by molar-refractivity contribution is 6.32. The summed E-state index contributed by atoms with van der Waals surface area (Å²) in [7, 11) is 0. The van der Waals surface area contributed by atoms with Crippen LogP contribution in [0.1, 0.15) is 12.8 Å². The van der Waals surface area contributed by atoms with E-state index in [-0.39, 0.29) is 0 Å². The predicted molar refractivity (Wildman–Crippen MR) is 93.4 cm³/mol. The molecule has 5 heteroatoms. The Morgan fingerprint density at radius 2 is 1.87 bits per heavy atom. The summed E-state index contributed by atoms with van der Waals surface area (Å²) in [5.74, 6) is 1.41. The highest BCUT2D eigenvalue weighted by Gasteiger charge is 2.21. The molecular weight excluding hydrogens is 312 g/mol. The number of nitrogens with zero attached hydrogens (tertiary/aromatic N) is 2. The van der Waals surface area contributed by atoms with E-state index in [1.807, 2.05) is 24.3 Å². The molecule has 2 aliphatic rings. The molecule has 3 rings (SSSR count). The minimum Gasteiger partial charge on any atom is -0.492 e. The van der Waals surface area contributed by atoms with E-state index in [2.05, 4.69) is 9.80 Å². The van der Waals surface area contributed by atoms with Gasteiger partial charge < -0.3 is 14.4 Å². The van der Waals surface area contributed by atoms with E-state index in [1.165, 1.54) is 19.4 Å². The standard InChI is InChI=1S/C18H27ClN2O2/c19-17-5-1-2-6-18(17)23-15-16-4-3-7-21(14-16)9-8-20-10-12-22-13-11-20/h1-2,5-6,16H,3-4,7-15H2/t16-/m1/s1. The van der Waals surface area contributed by atoms with E-state index in [0.717, 1.165) is 58.3 Å². The minimum atomic E-state index is 0.602. The van der Waals surface area contributed by atoms with Gasteiger partial charge in [-0.2, -0.15) is 0 Å². The van der Waals surface area contributed by atoms with E-state index in [4.69, 9.17) is 21.1 Å². The van der Waals surface area contributed by atoms with Crippen molar-refractivity contribution < 1.29 is 9.47 Å². The monoisotopic (exact) mass is 338 g/mol. The molecule has 2 saturated heterocycles. The summed E-state index contributed by atoms with van der Waals surface area (Å²) in [6.07, 6.45) is 2.51. The van der Waals surface area contributed by atoms with Gasteiger partial charge in [0.25, 0.3) is 0 Å². The molecule has 0 spiro atoms. The summed E-state index contributed by atoms with van der Waals surface area (Å²) in [5.41, 5.74) is 0. The minimum absolute atomic E-state index is 0.602. The van der Waals surface area contributed by atoms with Crippen molar-refractivity contribution >= 4 is 11.6 Å². The van der Waals surface area contributed by atoms with Crippen LogP contribution < -0.4 is 4.74 Å². The Hall–Kier alpha value is -0.810. The zero-order valence-electron chi connectivity index (χ0n) is 13.8. The SMILES string of the molecule is Clc1ccccc1OC[C@@H]1CCCN(CCN2CCOCC2)C1. The molecule has 1 aromatic carbocycles. The Bertz CT molecular complexity index is 480. The van der Waals surface area contributed by atoms with E-state index in [0.29, 0.717) is 10.9 Å². The maximum atomic E-state index is 6.16. The molecule has 0 radical (unpaired) electrons. The van der Waals surface area contributed by atoms with Gasteiger partial charge in [-0.05, 0) is 31.5 Å². The topological polar surface area (TPSA) is 24.9 Å². The Morgan fingerprint density at radius 3 is 2.70 bits per heavy atom. The molecule has 2 fully saturated rings. The smallest absolute Gasteiger partial charge is 0.137 e. The van der Waals surface area contributed by atoms with Gasteiger partial charge in [-0.1, -0.05) is 23.7 Å². The molecule has 1 atom stereocenters. The maximum Gasteiger partial charge on any atom is 0.137 e. The predicted octanol–water partition coefficient (Wildman–Crippen LogP) is 2.76. The van der Waals surface area contributed by atoms with Gasteiger partial charge in [-0.3, -0.25) is 4.90 Å². The van der Waals surface area contributed by atoms with Crippen molar-refractivity contribution in [3.63, 3.8) is 0 Å². The van der Waals surface area contributed by atoms with Gasteiger partial charge >= 0.3 is 0 Å². The van der Waals surface area contributed by atoms with Crippen molar-refractivity contribution in [2.24, 2.45) is 5.92 Å². The second-order valence-electron chi connectivity index (χ2n) is 6.50. The Balaban J connectivity index is 1.40. The number of ether oxygens (including phenoxy) is 2. The van der Waals surface area contributed by atoms with Crippen molar-refractivity contribution in [3.8, 4) is 5.75 Å². The third-order valence-electron chi connectivity index (χ3n) is 4.75. The summed E-state index contributed by atoms with van der Waals surface area (Å²) in [4.78, 5) is 5.09. The van der Waals surface area contributed by atoms with E-state index in [1.54, 1.807) is 0 Å². The van der Waals surface area contributed by atoms with Crippen LogP contribution in [0.4, 0.5) is 0 Å². The van der Waals surface area contributed by atoms with E-state index in [9.17, 15) is 0 Å². The molecule has 0 aliphatic carbocycles. The molecule has 128 valence electrons. The second kappa shape index (κ2) is 8.88. The zero-order valence-corrected chi connectivity index (χ0v) is 14.5. The molecule has 0 bridgehead atoms. The molecule has 0 unspecified atom stereocenters. The molecule has 23 heavy (non-hydrogen) atoms. The van der Waals surface area contributed by atoms with Crippen molar-refractivity contribution in [2.75, 3.05) is 59.1 Å². The average Bonchev–Trinajstić information content (AvgIpc) is 2.61. The first-order chi connectivity index (χ1) is 11.3. The first kappa shape index (κ1) is 17.0. The second-order valence-corrected chi connectivity index (χ2v) is 6.91. The van der Waals surface area contributed by atoms with Gasteiger partial charge in [0.2, 0.25) is 0 Å². The van der Waals surface area contributed by atoms with E-state index >= 15 is 0 Å². The van der Waals surface area contributed by atoms with Crippen LogP contribution in [0.2, 0.25) is 5.02 Å². The average molecular weight is 339 g/mol. The molecular formula is C18H27ClN2O2. The van der Waals surface area contributed by atoms with Gasteiger partial charge in [-0.15, -0.1) is 0 Å². The molecule has 0 saturated carbocycles. The first-order valence-corrected chi connectivity index (χ1v) is 9.09. The zero-order chi connectivity index (χ0) is 15.9. The van der Waals surface area contributed by atoms with Crippen LogP contribution >= 0.6 is 11.6 Å². The number of rotatable bonds is 6. The Kier molecular flexibility index (Phi) is 6.57. The molecule has 0 amide bonds. The van der Waals surface area contributed by atoms with Crippen LogP contribution in [-0.4, -0.2) is 68.9 Å². The lowest BCUT2D eigenvalue weighted by Crippen LogP contribution is -2.44. The Morgan fingerprint density at radius 1 is 1.09 bits per heavy atom. The van der Waals surface area contributed by atoms with Gasteiger partial charge in [0.15, 0.2) is 0 Å². The molecule has 4 nitrogen and oxygen atoms in total. The number of hydrogen-bond acceptors (Lipinski definition) is 4. The van der Waals surface area contributed by atoms with Gasteiger partial charge in [-0.25, -0.2) is 0 Å². The molecule has 2 aliphatic heterocycles. The van der Waals surface area contributed by atoms with Crippen LogP contribution in [-0.2, 0) is 4.74 Å². The molecule has 2 heterocycles. The highest BCUT2D eigenvalue weighted by Crippen LogP contribution is 2.25. The summed E-state index contributed by atoms with van der Waals surface area (Å²) in [6, 6.07) is 7.73. The number of benzene rings is 1. The summed E-state index contributed by atoms with van der Waals surface area (Å²) < 4.78 is 11.3. The van der Waals surface area contributed by atoms with Gasteiger partial charge in [0.05, 0.1) is 24.8 Å². The lowest BCUT2D eigenvalue weighted by Gasteiger charge is -2.35. The van der Waals surface area contributed by atoms with Crippen LogP contribution in [0, 0.1) is 5.92 Å². The fourth-order valence-corrected chi connectivity index (χ4v) is 3.56. The van der Waals surface area contributed by atoms with Gasteiger partial charge in [0.1, 0.15) is 5.75 Å². The van der Waals surface area contributed by atoms with E-state index < -0.39 is 0 Å². The number of hydrogen-bond donors (Lipinski definition) is 0. The third kappa shape index (κ3) is 5.35. The summed E-state index contributed by atoms with van der Waals surface area (Å²) in [5, 5.41) is 0.701. The first-order valence-electron chi connectivity index (χ1n) is 8.71. The number of piperidine rings is 1. The number of para-hydroxylation sites is 1. The lowest BCUT2D eigenvalue weighted by molar-refractivity contribution is 0.0297. The van der Waals surface area contributed by atoms with Crippen LogP contribution in [0.15, 0.2) is 24.3 Å². The summed E-state index contributed by atoms with van der Waals surface area (Å²) >= 11 is 6.16. The summed E-state index contributed by atoms with van der Waals surface area (Å²) in [6.45, 7) is 9.34. The highest BCUT2D eigenvalue weighted by atomic mass is 35.5. The molecule has 0 N–H and O–H groups in total. The van der Waals surface area contributed by atoms with Crippen molar-refractivity contribution in [1.82, 2.24) is 9.80 Å². The largest absolute Gasteiger partial charge is 0.492 e. The third-order valence-corrected chi connectivity index (χ3v) is 5.06. The Labute approximate surface area is 144 Å². The molecule has 1 aromatic rings. The quantitative estimate of drug-likeness (QED) is 0.796. The number of halogens is 1. The fourth-order valence-electron chi connectivity index (χ4n) is 3.37. The van der Waals surface area contributed by atoms with Crippen molar-refractivity contribution in [1.29, 1.82) is 0 Å². The van der Waals surface area contributed by atoms with Crippen molar-refractivity contribution in [3.05, 3.63) is 29.3 Å². The van der Waals surface area contributed by atoms with Crippen molar-refractivity contribution in [2.45, 2.75) is 12.8 Å². The fraction of sp³-hybridized carbons (Fsp3) is 0.667. The maximum absolute atomic E-state index is 6.16.